The van der Waals surface area contributed by atoms with Gasteiger partial charge in [0.05, 0.1) is 11.0 Å². The zero-order valence-electron chi connectivity index (χ0n) is 18.2. The molecule has 0 fully saturated rings. The van der Waals surface area contributed by atoms with Crippen LogP contribution in [-0.2, 0) is 16.6 Å². The Balaban J connectivity index is 1.54. The number of ether oxygens (including phenoxy) is 1. The van der Waals surface area contributed by atoms with E-state index in [1.54, 1.807) is 36.4 Å². The van der Waals surface area contributed by atoms with E-state index in [-0.39, 0.29) is 28.6 Å². The maximum atomic E-state index is 12.5. The largest absolute Gasteiger partial charge is 0.491 e. The molecule has 1 amide bonds. The van der Waals surface area contributed by atoms with Crippen molar-refractivity contribution in [3.63, 3.8) is 0 Å². The second-order valence-corrected chi connectivity index (χ2v) is 9.61. The van der Waals surface area contributed by atoms with Crippen LogP contribution in [0.1, 0.15) is 29.8 Å². The molecule has 0 unspecified atom stereocenters. The number of amides is 1. The zero-order valence-corrected chi connectivity index (χ0v) is 19.9. The van der Waals surface area contributed by atoms with Gasteiger partial charge < -0.3 is 10.1 Å². The molecule has 0 radical (unpaired) electrons. The van der Waals surface area contributed by atoms with Crippen LogP contribution in [0.4, 0.5) is 5.69 Å². The standard InChI is InChI=1S/C24H25N3O4S2/c1-17(2)31-21-12-8-19(9-13-21)23(28)27-24(32)26-20-10-14-22(15-11-20)33(29,30)25-16-18-6-4-3-5-7-18/h3-15,17,25H,16H2,1-2H3,(H2,26,27,28,32). The molecule has 9 heteroatoms. The molecule has 0 heterocycles. The molecule has 0 aliphatic rings. The molecular weight excluding hydrogens is 458 g/mol. The van der Waals surface area contributed by atoms with Gasteiger partial charge >= 0.3 is 0 Å². The minimum absolute atomic E-state index is 0.0440. The van der Waals surface area contributed by atoms with E-state index >= 15 is 0 Å². The Morgan fingerprint density at radius 3 is 2.18 bits per heavy atom. The summed E-state index contributed by atoms with van der Waals surface area (Å²) in [6.07, 6.45) is 0.0440. The lowest BCUT2D eigenvalue weighted by Crippen LogP contribution is -2.34. The highest BCUT2D eigenvalue weighted by molar-refractivity contribution is 7.89. The van der Waals surface area contributed by atoms with Crippen molar-refractivity contribution in [3.8, 4) is 5.75 Å². The summed E-state index contributed by atoms with van der Waals surface area (Å²) in [5, 5.41) is 5.57. The zero-order chi connectivity index (χ0) is 23.8. The number of hydrogen-bond acceptors (Lipinski definition) is 5. The number of carbonyl (C=O) groups is 1. The van der Waals surface area contributed by atoms with Crippen LogP contribution in [0.25, 0.3) is 0 Å². The second-order valence-electron chi connectivity index (χ2n) is 7.43. The maximum Gasteiger partial charge on any atom is 0.257 e. The van der Waals surface area contributed by atoms with E-state index in [0.717, 1.165) is 5.56 Å². The summed E-state index contributed by atoms with van der Waals surface area (Å²) < 4.78 is 33.1. The van der Waals surface area contributed by atoms with Crippen molar-refractivity contribution < 1.29 is 17.9 Å². The predicted octanol–water partition coefficient (Wildman–Crippen LogP) is 4.08. The van der Waals surface area contributed by atoms with Crippen LogP contribution in [0, 0.1) is 0 Å². The normalized spacial score (nSPS) is 11.1. The highest BCUT2D eigenvalue weighted by atomic mass is 32.2. The Hall–Kier alpha value is -3.27. The first-order valence-electron chi connectivity index (χ1n) is 10.3. The van der Waals surface area contributed by atoms with Crippen molar-refractivity contribution in [2.24, 2.45) is 0 Å². The highest BCUT2D eigenvalue weighted by Crippen LogP contribution is 2.16. The van der Waals surface area contributed by atoms with Gasteiger partial charge in [0.15, 0.2) is 5.11 Å². The number of benzene rings is 3. The van der Waals surface area contributed by atoms with Crippen LogP contribution in [0.5, 0.6) is 5.75 Å². The lowest BCUT2D eigenvalue weighted by Gasteiger charge is -2.12. The quantitative estimate of drug-likeness (QED) is 0.418. The van der Waals surface area contributed by atoms with Gasteiger partial charge in [-0.1, -0.05) is 30.3 Å². The summed E-state index contributed by atoms with van der Waals surface area (Å²) in [7, 11) is -3.66. The average Bonchev–Trinajstić information content (AvgIpc) is 2.79. The number of rotatable bonds is 8. The lowest BCUT2D eigenvalue weighted by atomic mass is 10.2. The average molecular weight is 484 g/mol. The van der Waals surface area contributed by atoms with Gasteiger partial charge in [-0.15, -0.1) is 0 Å². The summed E-state index contributed by atoms with van der Waals surface area (Å²) in [6, 6.07) is 22.1. The molecule has 0 aromatic heterocycles. The van der Waals surface area contributed by atoms with Crippen LogP contribution in [0.3, 0.4) is 0 Å². The minimum Gasteiger partial charge on any atom is -0.491 e. The monoisotopic (exact) mass is 483 g/mol. The lowest BCUT2D eigenvalue weighted by molar-refractivity contribution is 0.0977. The Morgan fingerprint density at radius 2 is 1.58 bits per heavy atom. The fourth-order valence-electron chi connectivity index (χ4n) is 2.87. The number of nitrogens with one attached hydrogen (secondary N) is 3. The molecule has 3 N–H and O–H groups in total. The topological polar surface area (TPSA) is 96.5 Å². The summed E-state index contributed by atoms with van der Waals surface area (Å²) >= 11 is 5.20. The Labute approximate surface area is 199 Å². The number of hydrogen-bond donors (Lipinski definition) is 3. The number of sulfonamides is 1. The van der Waals surface area contributed by atoms with E-state index in [9.17, 15) is 13.2 Å². The third kappa shape index (κ3) is 7.38. The number of carbonyl (C=O) groups excluding carboxylic acids is 1. The molecule has 0 atom stereocenters. The molecule has 7 nitrogen and oxygen atoms in total. The molecular formula is C24H25N3O4S2. The molecule has 3 aromatic carbocycles. The summed E-state index contributed by atoms with van der Waals surface area (Å²) in [5.74, 6) is 0.309. The van der Waals surface area contributed by atoms with Gasteiger partial charge in [0.25, 0.3) is 5.91 Å². The first kappa shape index (κ1) is 24.4. The molecule has 0 aliphatic carbocycles. The first-order valence-corrected chi connectivity index (χ1v) is 12.1. The Morgan fingerprint density at radius 1 is 0.939 bits per heavy atom. The van der Waals surface area contributed by atoms with E-state index in [1.807, 2.05) is 44.2 Å². The molecule has 3 aromatic rings. The van der Waals surface area contributed by atoms with Crippen molar-refractivity contribution in [1.29, 1.82) is 0 Å². The minimum atomic E-state index is -3.66. The SMILES string of the molecule is CC(C)Oc1ccc(C(=O)NC(=S)Nc2ccc(S(=O)(=O)NCc3ccccc3)cc2)cc1. The van der Waals surface area contributed by atoms with Crippen LogP contribution < -0.4 is 20.1 Å². The van der Waals surface area contributed by atoms with Gasteiger partial charge in [0.2, 0.25) is 10.0 Å². The van der Waals surface area contributed by atoms with Crippen molar-refractivity contribution in [2.45, 2.75) is 31.4 Å². The van der Waals surface area contributed by atoms with Gasteiger partial charge in [-0.2, -0.15) is 0 Å². The predicted molar refractivity (Wildman–Crippen MR) is 133 cm³/mol. The number of thiocarbonyl (C=S) groups is 1. The molecule has 0 saturated heterocycles. The summed E-state index contributed by atoms with van der Waals surface area (Å²) in [4.78, 5) is 12.5. The molecule has 0 saturated carbocycles. The van der Waals surface area contributed by atoms with Gasteiger partial charge in [0, 0.05) is 17.8 Å². The first-order chi connectivity index (χ1) is 15.7. The van der Waals surface area contributed by atoms with Gasteiger partial charge in [-0.3, -0.25) is 10.1 Å². The second kappa shape index (κ2) is 11.0. The molecule has 172 valence electrons. The van der Waals surface area contributed by atoms with Gasteiger partial charge in [-0.25, -0.2) is 13.1 Å². The molecule has 0 aliphatic heterocycles. The maximum absolute atomic E-state index is 12.5. The summed E-state index contributed by atoms with van der Waals surface area (Å²) in [5.41, 5.74) is 1.84. The van der Waals surface area contributed by atoms with Crippen molar-refractivity contribution in [3.05, 3.63) is 90.0 Å². The van der Waals surface area contributed by atoms with Gasteiger partial charge in [-0.05, 0) is 80.2 Å². The fourth-order valence-corrected chi connectivity index (χ4v) is 4.10. The van der Waals surface area contributed by atoms with Crippen molar-refractivity contribution in [2.75, 3.05) is 5.32 Å². The fraction of sp³-hybridized carbons (Fsp3) is 0.167. The van der Waals surface area contributed by atoms with E-state index in [1.165, 1.54) is 12.1 Å². The molecule has 0 bridgehead atoms. The van der Waals surface area contributed by atoms with Crippen LogP contribution in [0.2, 0.25) is 0 Å². The van der Waals surface area contributed by atoms with E-state index in [2.05, 4.69) is 15.4 Å². The van der Waals surface area contributed by atoms with E-state index < -0.39 is 10.0 Å². The number of anilines is 1. The summed E-state index contributed by atoms with van der Waals surface area (Å²) in [6.45, 7) is 4.05. The van der Waals surface area contributed by atoms with Crippen LogP contribution >= 0.6 is 12.2 Å². The van der Waals surface area contributed by atoms with Crippen LogP contribution in [-0.4, -0.2) is 25.5 Å². The third-order valence-corrected chi connectivity index (χ3v) is 6.07. The molecule has 0 spiro atoms. The van der Waals surface area contributed by atoms with E-state index in [4.69, 9.17) is 17.0 Å². The Kier molecular flexibility index (Phi) is 8.16. The Bertz CT molecular complexity index is 1190. The third-order valence-electron chi connectivity index (χ3n) is 4.45. The smallest absolute Gasteiger partial charge is 0.257 e. The van der Waals surface area contributed by atoms with Crippen molar-refractivity contribution >= 4 is 38.9 Å². The van der Waals surface area contributed by atoms with Gasteiger partial charge in [0.1, 0.15) is 5.75 Å². The molecule has 3 rings (SSSR count). The van der Waals surface area contributed by atoms with Crippen LogP contribution in [0.15, 0.2) is 83.8 Å². The molecule has 33 heavy (non-hydrogen) atoms. The highest BCUT2D eigenvalue weighted by Gasteiger charge is 2.14. The van der Waals surface area contributed by atoms with Crippen molar-refractivity contribution in [1.82, 2.24) is 10.0 Å². The van der Waals surface area contributed by atoms with E-state index in [0.29, 0.717) is 17.0 Å².